The molecule has 0 radical (unpaired) electrons. The van der Waals surface area contributed by atoms with Gasteiger partial charge < -0.3 is 19.5 Å². The molecule has 2 fully saturated rings. The maximum absolute atomic E-state index is 13.2. The number of ether oxygens (including phenoxy) is 1. The van der Waals surface area contributed by atoms with Gasteiger partial charge in [-0.25, -0.2) is 0 Å². The van der Waals surface area contributed by atoms with Gasteiger partial charge >= 0.3 is 0 Å². The van der Waals surface area contributed by atoms with Gasteiger partial charge in [-0.2, -0.15) is 0 Å². The first kappa shape index (κ1) is 24.5. The number of rotatable bonds is 9. The smallest absolute Gasteiger partial charge is 0.222 e. The summed E-state index contributed by atoms with van der Waals surface area (Å²) in [6.07, 6.45) is 2.45. The first-order chi connectivity index (χ1) is 17.7. The van der Waals surface area contributed by atoms with Gasteiger partial charge in [0, 0.05) is 45.2 Å². The second-order valence-electron chi connectivity index (χ2n) is 9.95. The van der Waals surface area contributed by atoms with Crippen LogP contribution in [0.25, 0.3) is 0 Å². The molecule has 190 valence electrons. The molecule has 2 aromatic carbocycles. The highest BCUT2D eigenvalue weighted by atomic mass is 16.5. The fourth-order valence-electron chi connectivity index (χ4n) is 5.30. The van der Waals surface area contributed by atoms with Crippen LogP contribution in [0, 0.1) is 11.8 Å². The van der Waals surface area contributed by atoms with Crippen LogP contribution >= 0.6 is 0 Å². The molecule has 0 saturated carbocycles. The van der Waals surface area contributed by atoms with E-state index in [1.807, 2.05) is 36.4 Å². The average Bonchev–Trinajstić information content (AvgIpc) is 3.37. The number of nitrogens with zero attached hydrogens (tertiary/aromatic N) is 3. The fraction of sp³-hybridized carbons (Fsp3) is 0.448. The van der Waals surface area contributed by atoms with Gasteiger partial charge in [-0.05, 0) is 55.5 Å². The van der Waals surface area contributed by atoms with Crippen molar-refractivity contribution >= 4 is 5.91 Å². The Bertz CT molecular complexity index is 1080. The third kappa shape index (κ3) is 6.74. The Hall–Kier alpha value is -3.16. The molecule has 0 bridgehead atoms. The first-order valence-corrected chi connectivity index (χ1v) is 13.1. The van der Waals surface area contributed by atoms with Gasteiger partial charge in [-0.1, -0.05) is 53.7 Å². The molecule has 2 aliphatic heterocycles. The molecule has 1 aromatic heterocycles. The van der Waals surface area contributed by atoms with Gasteiger partial charge in [0.05, 0.1) is 5.69 Å². The quantitative estimate of drug-likeness (QED) is 0.495. The summed E-state index contributed by atoms with van der Waals surface area (Å²) in [5, 5.41) is 7.79. The van der Waals surface area contributed by atoms with Crippen molar-refractivity contribution in [2.24, 2.45) is 11.8 Å². The minimum atomic E-state index is 0.295. The Morgan fingerprint density at radius 2 is 1.75 bits per heavy atom. The SMILES string of the molecule is O=C(CC1CCNCC1Cc1cc(COc2ccccc2)on1)N1CCN(Cc2ccccc2)CC1. The van der Waals surface area contributed by atoms with Crippen LogP contribution < -0.4 is 10.1 Å². The van der Waals surface area contributed by atoms with E-state index in [0.29, 0.717) is 30.8 Å². The number of benzene rings is 2. The van der Waals surface area contributed by atoms with E-state index in [0.717, 1.165) is 75.9 Å². The number of carbonyl (C=O) groups is 1. The van der Waals surface area contributed by atoms with E-state index in [1.165, 1.54) is 5.56 Å². The molecule has 2 saturated heterocycles. The normalized spacial score (nSPS) is 20.8. The van der Waals surface area contributed by atoms with Gasteiger partial charge in [-0.3, -0.25) is 9.69 Å². The molecule has 1 amide bonds. The lowest BCUT2D eigenvalue weighted by Gasteiger charge is -2.37. The molecule has 2 atom stereocenters. The van der Waals surface area contributed by atoms with Crippen LogP contribution in [-0.2, 0) is 24.4 Å². The van der Waals surface area contributed by atoms with Crippen LogP contribution in [0.2, 0.25) is 0 Å². The second kappa shape index (κ2) is 12.2. The number of carbonyl (C=O) groups excluding carboxylic acids is 1. The Labute approximate surface area is 213 Å². The maximum atomic E-state index is 13.2. The molecule has 5 rings (SSSR count). The monoisotopic (exact) mass is 488 g/mol. The highest BCUT2D eigenvalue weighted by Crippen LogP contribution is 2.27. The van der Waals surface area contributed by atoms with E-state index < -0.39 is 0 Å². The molecule has 36 heavy (non-hydrogen) atoms. The minimum absolute atomic E-state index is 0.295. The Kier molecular flexibility index (Phi) is 8.31. The van der Waals surface area contributed by atoms with Crippen LogP contribution in [-0.4, -0.2) is 60.1 Å². The standard InChI is InChI=1S/C29H36N4O3/c34-29(33-15-13-32(14-16-33)21-23-7-3-1-4-8-23)18-24-11-12-30-20-25(24)17-26-19-28(36-31-26)22-35-27-9-5-2-6-10-27/h1-10,19,24-25,30H,11-18,20-22H2. The van der Waals surface area contributed by atoms with Gasteiger partial charge in [0.25, 0.3) is 0 Å². The van der Waals surface area contributed by atoms with Crippen LogP contribution in [0.3, 0.4) is 0 Å². The van der Waals surface area contributed by atoms with Crippen LogP contribution in [0.1, 0.15) is 29.9 Å². The summed E-state index contributed by atoms with van der Waals surface area (Å²) in [5.41, 5.74) is 2.26. The summed E-state index contributed by atoms with van der Waals surface area (Å²) >= 11 is 0. The maximum Gasteiger partial charge on any atom is 0.222 e. The third-order valence-electron chi connectivity index (χ3n) is 7.38. The lowest BCUT2D eigenvalue weighted by Crippen LogP contribution is -2.49. The van der Waals surface area contributed by atoms with E-state index in [4.69, 9.17) is 9.26 Å². The Morgan fingerprint density at radius 3 is 2.53 bits per heavy atom. The number of amides is 1. The average molecular weight is 489 g/mol. The molecular formula is C29H36N4O3. The predicted octanol–water partition coefficient (Wildman–Crippen LogP) is 3.76. The number of nitrogens with one attached hydrogen (secondary N) is 1. The van der Waals surface area contributed by atoms with E-state index in [1.54, 1.807) is 0 Å². The molecular weight excluding hydrogens is 452 g/mol. The highest BCUT2D eigenvalue weighted by molar-refractivity contribution is 5.76. The fourth-order valence-corrected chi connectivity index (χ4v) is 5.30. The van der Waals surface area contributed by atoms with Crippen molar-refractivity contribution in [2.75, 3.05) is 39.3 Å². The lowest BCUT2D eigenvalue weighted by atomic mass is 9.81. The number of piperazine rings is 1. The summed E-state index contributed by atoms with van der Waals surface area (Å²) in [7, 11) is 0. The van der Waals surface area contributed by atoms with Gasteiger partial charge in [0.15, 0.2) is 5.76 Å². The van der Waals surface area contributed by atoms with Crippen LogP contribution in [0.5, 0.6) is 5.75 Å². The van der Waals surface area contributed by atoms with Crippen LogP contribution in [0.4, 0.5) is 0 Å². The molecule has 1 N–H and O–H groups in total. The van der Waals surface area contributed by atoms with E-state index in [2.05, 4.69) is 50.6 Å². The number of hydrogen-bond donors (Lipinski definition) is 1. The van der Waals surface area contributed by atoms with Gasteiger partial charge in [0.1, 0.15) is 12.4 Å². The molecule has 0 spiro atoms. The largest absolute Gasteiger partial charge is 0.486 e. The molecule has 7 heteroatoms. The predicted molar refractivity (Wildman–Crippen MR) is 138 cm³/mol. The van der Waals surface area contributed by atoms with Gasteiger partial charge in [-0.15, -0.1) is 0 Å². The highest BCUT2D eigenvalue weighted by Gasteiger charge is 2.30. The second-order valence-corrected chi connectivity index (χ2v) is 9.95. The number of aromatic nitrogens is 1. The minimum Gasteiger partial charge on any atom is -0.486 e. The summed E-state index contributed by atoms with van der Waals surface area (Å²) in [6, 6.07) is 22.3. The number of para-hydroxylation sites is 1. The van der Waals surface area contributed by atoms with Crippen molar-refractivity contribution in [3.05, 3.63) is 83.7 Å². The Balaban J connectivity index is 1.09. The van der Waals surface area contributed by atoms with Crippen molar-refractivity contribution in [2.45, 2.75) is 32.4 Å². The summed E-state index contributed by atoms with van der Waals surface area (Å²) in [5.74, 6) is 2.56. The molecule has 7 nitrogen and oxygen atoms in total. The summed E-state index contributed by atoms with van der Waals surface area (Å²) in [4.78, 5) is 17.7. The zero-order valence-electron chi connectivity index (χ0n) is 20.9. The lowest BCUT2D eigenvalue weighted by molar-refractivity contribution is -0.134. The van der Waals surface area contributed by atoms with Crippen molar-refractivity contribution in [1.29, 1.82) is 0 Å². The van der Waals surface area contributed by atoms with Gasteiger partial charge in [0.2, 0.25) is 5.91 Å². The zero-order valence-corrected chi connectivity index (χ0v) is 20.9. The number of hydrogen-bond acceptors (Lipinski definition) is 6. The third-order valence-corrected chi connectivity index (χ3v) is 7.38. The van der Waals surface area contributed by atoms with E-state index in [-0.39, 0.29) is 0 Å². The molecule has 3 heterocycles. The van der Waals surface area contributed by atoms with Crippen molar-refractivity contribution < 1.29 is 14.1 Å². The van der Waals surface area contributed by atoms with Crippen molar-refractivity contribution in [3.8, 4) is 5.75 Å². The van der Waals surface area contributed by atoms with Crippen molar-refractivity contribution in [1.82, 2.24) is 20.3 Å². The molecule has 2 unspecified atom stereocenters. The Morgan fingerprint density at radius 1 is 1.00 bits per heavy atom. The molecule has 0 aliphatic carbocycles. The summed E-state index contributed by atoms with van der Waals surface area (Å²) < 4.78 is 11.3. The van der Waals surface area contributed by atoms with Crippen molar-refractivity contribution in [3.63, 3.8) is 0 Å². The molecule has 3 aromatic rings. The topological polar surface area (TPSA) is 70.8 Å². The van der Waals surface area contributed by atoms with Crippen LogP contribution in [0.15, 0.2) is 71.3 Å². The molecule has 2 aliphatic rings. The number of piperidine rings is 1. The summed E-state index contributed by atoms with van der Waals surface area (Å²) in [6.45, 7) is 6.68. The van der Waals surface area contributed by atoms with E-state index >= 15 is 0 Å². The van der Waals surface area contributed by atoms with E-state index in [9.17, 15) is 4.79 Å². The zero-order chi connectivity index (χ0) is 24.6. The first-order valence-electron chi connectivity index (χ1n) is 13.1.